The van der Waals surface area contributed by atoms with Crippen molar-refractivity contribution in [3.8, 4) is 5.75 Å². The summed E-state index contributed by atoms with van der Waals surface area (Å²) in [6, 6.07) is 5.62. The Labute approximate surface area is 131 Å². The van der Waals surface area contributed by atoms with E-state index in [0.717, 1.165) is 19.3 Å². The molecule has 1 saturated heterocycles. The third-order valence-corrected chi connectivity index (χ3v) is 4.41. The fraction of sp³-hybridized carbons (Fsp3) is 0.588. The number of halogens is 1. The van der Waals surface area contributed by atoms with Crippen molar-refractivity contribution in [2.24, 2.45) is 11.7 Å². The average molecular weight is 308 g/mol. The molecule has 5 heteroatoms. The van der Waals surface area contributed by atoms with Gasteiger partial charge in [0.1, 0.15) is 17.7 Å². The fourth-order valence-corrected chi connectivity index (χ4v) is 2.61. The van der Waals surface area contributed by atoms with Gasteiger partial charge in [-0.15, -0.1) is 0 Å². The van der Waals surface area contributed by atoms with Gasteiger partial charge in [0, 0.05) is 25.9 Å². The van der Waals surface area contributed by atoms with Crippen molar-refractivity contribution in [2.75, 3.05) is 13.1 Å². The Bertz CT molecular complexity index is 484. The van der Waals surface area contributed by atoms with E-state index in [0.29, 0.717) is 18.8 Å². The summed E-state index contributed by atoms with van der Waals surface area (Å²) in [6.45, 7) is 5.37. The number of likely N-dealkylation sites (tertiary alicyclic amines) is 1. The summed E-state index contributed by atoms with van der Waals surface area (Å²) in [4.78, 5) is 14.2. The molecule has 0 bridgehead atoms. The van der Waals surface area contributed by atoms with Gasteiger partial charge in [-0.1, -0.05) is 20.3 Å². The lowest BCUT2D eigenvalue weighted by atomic mass is 9.97. The number of rotatable bonds is 5. The highest BCUT2D eigenvalue weighted by atomic mass is 19.1. The summed E-state index contributed by atoms with van der Waals surface area (Å²) in [5.74, 6) is 0.629. The number of nitrogens with zero attached hydrogens (tertiary/aromatic N) is 1. The molecule has 1 aromatic carbocycles. The second kappa shape index (κ2) is 7.58. The van der Waals surface area contributed by atoms with E-state index < -0.39 is 6.04 Å². The van der Waals surface area contributed by atoms with Crippen molar-refractivity contribution in [1.82, 2.24) is 4.90 Å². The van der Waals surface area contributed by atoms with Crippen LogP contribution in [0.4, 0.5) is 4.39 Å². The number of carbonyl (C=O) groups excluding carboxylic acids is 1. The van der Waals surface area contributed by atoms with Gasteiger partial charge >= 0.3 is 0 Å². The number of ether oxygens (including phenoxy) is 1. The number of piperidine rings is 1. The molecule has 0 radical (unpaired) electrons. The van der Waals surface area contributed by atoms with E-state index in [4.69, 9.17) is 10.5 Å². The summed E-state index contributed by atoms with van der Waals surface area (Å²) in [7, 11) is 0. The number of nitrogens with two attached hydrogens (primary N) is 1. The zero-order chi connectivity index (χ0) is 16.1. The van der Waals surface area contributed by atoms with Gasteiger partial charge < -0.3 is 15.4 Å². The average Bonchev–Trinajstić information content (AvgIpc) is 2.55. The van der Waals surface area contributed by atoms with Crippen LogP contribution in [0.1, 0.15) is 33.1 Å². The number of benzene rings is 1. The van der Waals surface area contributed by atoms with Crippen LogP contribution >= 0.6 is 0 Å². The molecule has 0 aromatic heterocycles. The van der Waals surface area contributed by atoms with Crippen LogP contribution < -0.4 is 10.5 Å². The summed E-state index contributed by atoms with van der Waals surface area (Å²) in [5.41, 5.74) is 6.02. The second-order valence-corrected chi connectivity index (χ2v) is 6.01. The molecule has 1 amide bonds. The molecular weight excluding hydrogens is 283 g/mol. The normalized spacial score (nSPS) is 18.8. The van der Waals surface area contributed by atoms with Crippen molar-refractivity contribution in [3.63, 3.8) is 0 Å². The highest BCUT2D eigenvalue weighted by Gasteiger charge is 2.29. The standard InChI is InChI=1S/C17H25FN2O2/c1-3-12(2)16(19)17(21)20-10-8-15(9-11-20)22-14-6-4-13(18)5-7-14/h4-7,12,15-16H,3,8-11,19H2,1-2H3. The third kappa shape index (κ3) is 4.19. The molecule has 2 atom stereocenters. The van der Waals surface area contributed by atoms with E-state index in [9.17, 15) is 9.18 Å². The second-order valence-electron chi connectivity index (χ2n) is 6.01. The van der Waals surface area contributed by atoms with Crippen LogP contribution in [0.5, 0.6) is 5.75 Å². The van der Waals surface area contributed by atoms with Crippen molar-refractivity contribution >= 4 is 5.91 Å². The van der Waals surface area contributed by atoms with Crippen LogP contribution in [-0.4, -0.2) is 36.0 Å². The fourth-order valence-electron chi connectivity index (χ4n) is 2.61. The first kappa shape index (κ1) is 16.7. The highest BCUT2D eigenvalue weighted by molar-refractivity contribution is 5.82. The molecule has 2 rings (SSSR count). The summed E-state index contributed by atoms with van der Waals surface area (Å²) in [5, 5.41) is 0. The molecule has 0 saturated carbocycles. The van der Waals surface area contributed by atoms with Gasteiger partial charge in [-0.25, -0.2) is 4.39 Å². The molecular formula is C17H25FN2O2. The van der Waals surface area contributed by atoms with Gasteiger partial charge in [-0.2, -0.15) is 0 Å². The smallest absolute Gasteiger partial charge is 0.239 e. The van der Waals surface area contributed by atoms with Crippen molar-refractivity contribution in [1.29, 1.82) is 0 Å². The van der Waals surface area contributed by atoms with Gasteiger partial charge in [-0.3, -0.25) is 4.79 Å². The van der Waals surface area contributed by atoms with Crippen molar-refractivity contribution in [2.45, 2.75) is 45.3 Å². The minimum absolute atomic E-state index is 0.0367. The Morgan fingerprint density at radius 3 is 2.50 bits per heavy atom. The van der Waals surface area contributed by atoms with Crippen molar-refractivity contribution < 1.29 is 13.9 Å². The minimum atomic E-state index is -0.417. The Kier molecular flexibility index (Phi) is 5.77. The number of carbonyl (C=O) groups is 1. The van der Waals surface area contributed by atoms with Gasteiger partial charge in [0.25, 0.3) is 0 Å². The van der Waals surface area contributed by atoms with E-state index >= 15 is 0 Å². The lowest BCUT2D eigenvalue weighted by Gasteiger charge is -2.34. The predicted molar refractivity (Wildman–Crippen MR) is 84.1 cm³/mol. The third-order valence-electron chi connectivity index (χ3n) is 4.41. The van der Waals surface area contributed by atoms with Gasteiger partial charge in [0.2, 0.25) is 5.91 Å². The molecule has 1 aromatic rings. The maximum atomic E-state index is 12.9. The Balaban J connectivity index is 1.82. The van der Waals surface area contributed by atoms with Crippen LogP contribution in [0.15, 0.2) is 24.3 Å². The van der Waals surface area contributed by atoms with Crippen molar-refractivity contribution in [3.05, 3.63) is 30.1 Å². The molecule has 1 aliphatic heterocycles. The number of amides is 1. The number of hydrogen-bond donors (Lipinski definition) is 1. The first-order valence-electron chi connectivity index (χ1n) is 7.97. The van der Waals surface area contributed by atoms with E-state index in [-0.39, 0.29) is 23.7 Å². The van der Waals surface area contributed by atoms with Gasteiger partial charge in [0.15, 0.2) is 0 Å². The molecule has 0 aliphatic carbocycles. The Hall–Kier alpha value is -1.62. The first-order valence-corrected chi connectivity index (χ1v) is 7.97. The molecule has 2 unspecified atom stereocenters. The van der Waals surface area contributed by atoms with E-state index in [2.05, 4.69) is 0 Å². The zero-order valence-corrected chi connectivity index (χ0v) is 13.3. The highest BCUT2D eigenvalue weighted by Crippen LogP contribution is 2.20. The van der Waals surface area contributed by atoms with Crippen LogP contribution in [0, 0.1) is 11.7 Å². The SMILES string of the molecule is CCC(C)C(N)C(=O)N1CCC(Oc2ccc(F)cc2)CC1. The zero-order valence-electron chi connectivity index (χ0n) is 13.3. The van der Waals surface area contributed by atoms with E-state index in [1.165, 1.54) is 12.1 Å². The quantitative estimate of drug-likeness (QED) is 0.909. The topological polar surface area (TPSA) is 55.6 Å². The molecule has 0 spiro atoms. The lowest BCUT2D eigenvalue weighted by molar-refractivity contribution is -0.135. The Morgan fingerprint density at radius 1 is 1.36 bits per heavy atom. The monoisotopic (exact) mass is 308 g/mol. The summed E-state index contributed by atoms with van der Waals surface area (Å²) in [6.07, 6.45) is 2.51. The molecule has 122 valence electrons. The summed E-state index contributed by atoms with van der Waals surface area (Å²) < 4.78 is 18.7. The lowest BCUT2D eigenvalue weighted by Crippen LogP contribution is -2.50. The Morgan fingerprint density at radius 2 is 1.95 bits per heavy atom. The summed E-state index contributed by atoms with van der Waals surface area (Å²) >= 11 is 0. The molecule has 1 fully saturated rings. The predicted octanol–water partition coefficient (Wildman–Crippen LogP) is 2.57. The maximum absolute atomic E-state index is 12.9. The van der Waals surface area contributed by atoms with E-state index in [1.807, 2.05) is 18.7 Å². The molecule has 2 N–H and O–H groups in total. The largest absolute Gasteiger partial charge is 0.490 e. The van der Waals surface area contributed by atoms with Gasteiger partial charge in [0.05, 0.1) is 6.04 Å². The van der Waals surface area contributed by atoms with Crippen LogP contribution in [0.25, 0.3) is 0 Å². The molecule has 4 nitrogen and oxygen atoms in total. The minimum Gasteiger partial charge on any atom is -0.490 e. The van der Waals surface area contributed by atoms with Crippen LogP contribution in [0.3, 0.4) is 0 Å². The number of hydrogen-bond acceptors (Lipinski definition) is 3. The molecule has 1 heterocycles. The first-order chi connectivity index (χ1) is 10.5. The molecule has 22 heavy (non-hydrogen) atoms. The van der Waals surface area contributed by atoms with E-state index in [1.54, 1.807) is 12.1 Å². The van der Waals surface area contributed by atoms with Gasteiger partial charge in [-0.05, 0) is 30.2 Å². The van der Waals surface area contributed by atoms with Crippen LogP contribution in [-0.2, 0) is 4.79 Å². The van der Waals surface area contributed by atoms with Crippen LogP contribution in [0.2, 0.25) is 0 Å². The maximum Gasteiger partial charge on any atom is 0.239 e. The molecule has 1 aliphatic rings.